The Morgan fingerprint density at radius 3 is 2.64 bits per heavy atom. The summed E-state index contributed by atoms with van der Waals surface area (Å²) in [7, 11) is 0. The molecule has 1 N–H and O–H groups in total. The first kappa shape index (κ1) is 20.7. The zero-order valence-electron chi connectivity index (χ0n) is 16.9. The second kappa shape index (κ2) is 7.44. The normalized spacial score (nSPS) is 23.8. The summed E-state index contributed by atoms with van der Waals surface area (Å²) in [6.45, 7) is 7.35. The van der Waals surface area contributed by atoms with Gasteiger partial charge in [-0.15, -0.1) is 18.2 Å². The van der Waals surface area contributed by atoms with Crippen LogP contribution in [0.1, 0.15) is 64.5 Å². The number of terminal acetylenes is 1. The van der Waals surface area contributed by atoms with Gasteiger partial charge in [-0.05, 0) is 58.7 Å². The predicted molar refractivity (Wildman–Crippen MR) is 112 cm³/mol. The van der Waals surface area contributed by atoms with Gasteiger partial charge in [-0.2, -0.15) is 0 Å². The molecule has 0 aromatic heterocycles. The molecule has 1 aliphatic carbocycles. The fourth-order valence-corrected chi connectivity index (χ4v) is 5.35. The van der Waals surface area contributed by atoms with Crippen molar-refractivity contribution in [2.75, 3.05) is 5.75 Å². The summed E-state index contributed by atoms with van der Waals surface area (Å²) in [5.74, 6) is 3.42. The third kappa shape index (κ3) is 4.20. The van der Waals surface area contributed by atoms with Gasteiger partial charge >= 0.3 is 6.09 Å². The number of hydrogen-bond donors (Lipinski definition) is 1. The van der Waals surface area contributed by atoms with Crippen LogP contribution in [0.2, 0.25) is 0 Å². The number of rotatable bonds is 1. The molecule has 1 heterocycles. The van der Waals surface area contributed by atoms with Crippen LogP contribution in [0.4, 0.5) is 9.18 Å². The highest BCUT2D eigenvalue weighted by atomic mass is 32.2. The molecule has 6 heteroatoms. The molecule has 1 spiro atoms. The zero-order valence-corrected chi connectivity index (χ0v) is 17.7. The molecule has 2 aliphatic rings. The summed E-state index contributed by atoms with van der Waals surface area (Å²) in [5.41, 5.74) is -0.363. The van der Waals surface area contributed by atoms with Crippen LogP contribution in [-0.4, -0.2) is 28.0 Å². The van der Waals surface area contributed by atoms with E-state index in [1.807, 2.05) is 27.7 Å². The van der Waals surface area contributed by atoms with E-state index in [9.17, 15) is 9.18 Å². The number of alkyl carbamates (subject to hydrolysis) is 1. The molecule has 4 nitrogen and oxygen atoms in total. The van der Waals surface area contributed by atoms with Gasteiger partial charge in [0.25, 0.3) is 0 Å². The maximum Gasteiger partial charge on any atom is 0.413 e. The van der Waals surface area contributed by atoms with Gasteiger partial charge in [-0.1, -0.05) is 18.8 Å². The topological polar surface area (TPSA) is 50.7 Å². The molecule has 0 unspecified atom stereocenters. The molecule has 1 aliphatic heterocycles. The number of amides is 1. The summed E-state index contributed by atoms with van der Waals surface area (Å²) < 4.78 is 19.9. The van der Waals surface area contributed by atoms with Crippen LogP contribution in [-0.2, 0) is 10.3 Å². The van der Waals surface area contributed by atoms with Crippen molar-refractivity contribution >= 4 is 23.7 Å². The van der Waals surface area contributed by atoms with E-state index in [4.69, 9.17) is 16.2 Å². The van der Waals surface area contributed by atoms with Crippen molar-refractivity contribution in [1.29, 1.82) is 0 Å². The third-order valence-electron chi connectivity index (χ3n) is 5.16. The molecular weight excluding hydrogens is 375 g/mol. The Balaban J connectivity index is 2.00. The van der Waals surface area contributed by atoms with E-state index in [2.05, 4.69) is 11.2 Å². The lowest BCUT2D eigenvalue weighted by molar-refractivity contribution is 0.0560. The first-order valence-electron chi connectivity index (χ1n) is 9.58. The molecule has 0 radical (unpaired) electrons. The van der Waals surface area contributed by atoms with Crippen LogP contribution in [0.15, 0.2) is 23.2 Å². The molecule has 0 saturated heterocycles. The molecular formula is C22H27FN2O2S. The number of carbonyl (C=O) groups is 1. The summed E-state index contributed by atoms with van der Waals surface area (Å²) in [5, 5.41) is 2.89. The van der Waals surface area contributed by atoms with E-state index in [0.29, 0.717) is 22.7 Å². The van der Waals surface area contributed by atoms with Gasteiger partial charge in [-0.25, -0.2) is 9.18 Å². The molecule has 1 fully saturated rings. The number of benzene rings is 1. The fraction of sp³-hybridized carbons (Fsp3) is 0.545. The number of halogens is 1. The van der Waals surface area contributed by atoms with Gasteiger partial charge in [0.1, 0.15) is 17.3 Å². The second-order valence-corrected chi connectivity index (χ2v) is 10.0. The Morgan fingerprint density at radius 2 is 2.04 bits per heavy atom. The molecule has 1 amide bonds. The van der Waals surface area contributed by atoms with Gasteiger partial charge in [0.05, 0.1) is 10.3 Å². The highest BCUT2D eigenvalue weighted by Crippen LogP contribution is 2.49. The lowest BCUT2D eigenvalue weighted by Crippen LogP contribution is -2.51. The van der Waals surface area contributed by atoms with Gasteiger partial charge in [0, 0.05) is 16.9 Å². The first-order chi connectivity index (χ1) is 13.1. The zero-order chi connectivity index (χ0) is 20.6. The number of ether oxygens (including phenoxy) is 1. The first-order valence-corrected chi connectivity index (χ1v) is 10.6. The SMILES string of the molecule is C#Cc1ccc(F)c([C@]2(C)CSC3(CCCC3)C(NC(=O)OC(C)(C)C)=N2)c1. The van der Waals surface area contributed by atoms with Gasteiger partial charge in [-0.3, -0.25) is 10.3 Å². The van der Waals surface area contributed by atoms with Crippen molar-refractivity contribution < 1.29 is 13.9 Å². The number of amidine groups is 1. The predicted octanol–water partition coefficient (Wildman–Crippen LogP) is 5.01. The van der Waals surface area contributed by atoms with Crippen molar-refractivity contribution in [3.8, 4) is 12.3 Å². The minimum Gasteiger partial charge on any atom is -0.444 e. The van der Waals surface area contributed by atoms with Gasteiger partial charge in [0.15, 0.2) is 0 Å². The minimum absolute atomic E-state index is 0.239. The van der Waals surface area contributed by atoms with Crippen LogP contribution in [0.5, 0.6) is 0 Å². The van der Waals surface area contributed by atoms with E-state index in [0.717, 1.165) is 25.7 Å². The van der Waals surface area contributed by atoms with E-state index in [1.54, 1.807) is 23.9 Å². The number of thioether (sulfide) groups is 1. The quantitative estimate of drug-likeness (QED) is 0.672. The lowest BCUT2D eigenvalue weighted by atomic mass is 9.91. The van der Waals surface area contributed by atoms with Crippen molar-refractivity contribution in [3.05, 3.63) is 35.1 Å². The maximum absolute atomic E-state index is 14.7. The highest BCUT2D eigenvalue weighted by molar-refractivity contribution is 8.01. The van der Waals surface area contributed by atoms with E-state index < -0.39 is 17.2 Å². The minimum atomic E-state index is -0.820. The molecule has 3 rings (SSSR count). The van der Waals surface area contributed by atoms with E-state index in [-0.39, 0.29) is 10.6 Å². The molecule has 1 aromatic rings. The van der Waals surface area contributed by atoms with Crippen molar-refractivity contribution in [2.45, 2.75) is 69.3 Å². The highest BCUT2D eigenvalue weighted by Gasteiger charge is 2.48. The second-order valence-electron chi connectivity index (χ2n) is 8.69. The molecule has 1 saturated carbocycles. The number of nitrogens with zero attached hydrogens (tertiary/aromatic N) is 1. The smallest absolute Gasteiger partial charge is 0.413 e. The Bertz CT molecular complexity index is 847. The number of carbonyl (C=O) groups excluding carboxylic acids is 1. The summed E-state index contributed by atoms with van der Waals surface area (Å²) in [6, 6.07) is 4.65. The van der Waals surface area contributed by atoms with Crippen molar-refractivity contribution in [3.63, 3.8) is 0 Å². The summed E-state index contributed by atoms with van der Waals surface area (Å²) in [4.78, 5) is 17.4. The maximum atomic E-state index is 14.7. The number of aliphatic imine (C=N–C) groups is 1. The lowest BCUT2D eigenvalue weighted by Gasteiger charge is -2.41. The Labute approximate surface area is 170 Å². The van der Waals surface area contributed by atoms with Gasteiger partial charge in [0.2, 0.25) is 0 Å². The van der Waals surface area contributed by atoms with Crippen molar-refractivity contribution in [2.24, 2.45) is 4.99 Å². The Hall–Kier alpha value is -2.00. The Kier molecular flexibility index (Phi) is 5.51. The van der Waals surface area contributed by atoms with Crippen LogP contribution in [0.3, 0.4) is 0 Å². The standard InChI is InChI=1S/C22H27FN2O2S/c1-6-15-9-10-17(23)16(13-15)21(5)14-28-22(11-7-8-12-22)18(25-21)24-19(26)27-20(2,3)4/h1,9-10,13H,7-8,11-12,14H2,2-5H3,(H,24,25,26)/t21-/m0/s1. The number of nitrogens with one attached hydrogen (secondary N) is 1. The van der Waals surface area contributed by atoms with Crippen LogP contribution in [0, 0.1) is 18.2 Å². The van der Waals surface area contributed by atoms with Crippen LogP contribution in [0.25, 0.3) is 0 Å². The Morgan fingerprint density at radius 1 is 1.36 bits per heavy atom. The molecule has 150 valence electrons. The van der Waals surface area contributed by atoms with Crippen LogP contribution < -0.4 is 5.32 Å². The molecule has 1 atom stereocenters. The van der Waals surface area contributed by atoms with E-state index >= 15 is 0 Å². The molecule has 28 heavy (non-hydrogen) atoms. The largest absolute Gasteiger partial charge is 0.444 e. The number of hydrogen-bond acceptors (Lipinski definition) is 4. The van der Waals surface area contributed by atoms with E-state index in [1.165, 1.54) is 6.07 Å². The molecule has 1 aromatic carbocycles. The fourth-order valence-electron chi connectivity index (χ4n) is 3.76. The summed E-state index contributed by atoms with van der Waals surface area (Å²) in [6.07, 6.45) is 9.02. The average Bonchev–Trinajstić information content (AvgIpc) is 3.07. The third-order valence-corrected chi connectivity index (χ3v) is 7.02. The van der Waals surface area contributed by atoms with Crippen molar-refractivity contribution in [1.82, 2.24) is 5.32 Å². The van der Waals surface area contributed by atoms with Crippen LogP contribution >= 0.6 is 11.8 Å². The monoisotopic (exact) mass is 402 g/mol. The average molecular weight is 403 g/mol. The summed E-state index contributed by atoms with van der Waals surface area (Å²) >= 11 is 1.75. The van der Waals surface area contributed by atoms with Gasteiger partial charge < -0.3 is 4.74 Å². The molecule has 0 bridgehead atoms.